The van der Waals surface area contributed by atoms with Crippen molar-refractivity contribution in [2.45, 2.75) is 13.3 Å². The highest BCUT2D eigenvalue weighted by Crippen LogP contribution is 2.11. The quantitative estimate of drug-likeness (QED) is 0.700. The summed E-state index contributed by atoms with van der Waals surface area (Å²) in [5.41, 5.74) is 1.20. The Bertz CT molecular complexity index is 367. The van der Waals surface area contributed by atoms with E-state index in [0.717, 1.165) is 0 Å². The monoisotopic (exact) mass is 197 g/mol. The molecule has 0 bridgehead atoms. The van der Waals surface area contributed by atoms with Crippen molar-refractivity contribution in [1.29, 1.82) is 0 Å². The van der Waals surface area contributed by atoms with Crippen LogP contribution < -0.4 is 0 Å². The summed E-state index contributed by atoms with van der Waals surface area (Å²) in [5, 5.41) is 8.78. The lowest BCUT2D eigenvalue weighted by Crippen LogP contribution is -2.08. The van der Waals surface area contributed by atoms with E-state index in [1.54, 1.807) is 13.0 Å². The SMILES string of the molecule is COC(=O)Cc1cc(C)[nH]c1C(=O)O. The average molecular weight is 197 g/mol. The van der Waals surface area contributed by atoms with Crippen LogP contribution in [0.2, 0.25) is 0 Å². The molecule has 0 radical (unpaired) electrons. The van der Waals surface area contributed by atoms with Gasteiger partial charge < -0.3 is 14.8 Å². The lowest BCUT2D eigenvalue weighted by molar-refractivity contribution is -0.139. The van der Waals surface area contributed by atoms with E-state index in [-0.39, 0.29) is 12.1 Å². The second-order valence-corrected chi connectivity index (χ2v) is 2.91. The molecule has 0 fully saturated rings. The Kier molecular flexibility index (Phi) is 2.91. The zero-order chi connectivity index (χ0) is 10.7. The number of hydrogen-bond donors (Lipinski definition) is 2. The lowest BCUT2D eigenvalue weighted by Gasteiger charge is -1.98. The van der Waals surface area contributed by atoms with Gasteiger partial charge in [0.15, 0.2) is 0 Å². The van der Waals surface area contributed by atoms with Gasteiger partial charge in [-0.2, -0.15) is 0 Å². The molecule has 0 saturated carbocycles. The minimum atomic E-state index is -1.07. The minimum absolute atomic E-state index is 0.0253. The number of aryl methyl sites for hydroxylation is 1. The van der Waals surface area contributed by atoms with Gasteiger partial charge >= 0.3 is 11.9 Å². The van der Waals surface area contributed by atoms with Crippen molar-refractivity contribution in [3.05, 3.63) is 23.0 Å². The van der Waals surface area contributed by atoms with Crippen molar-refractivity contribution in [3.8, 4) is 0 Å². The summed E-state index contributed by atoms with van der Waals surface area (Å²) in [6.07, 6.45) is -0.0253. The third-order valence-corrected chi connectivity index (χ3v) is 1.81. The maximum Gasteiger partial charge on any atom is 0.352 e. The van der Waals surface area contributed by atoms with Crippen LogP contribution in [0.4, 0.5) is 0 Å². The summed E-state index contributed by atoms with van der Waals surface area (Å²) in [5.74, 6) is -1.52. The highest BCUT2D eigenvalue weighted by Gasteiger charge is 2.15. The number of H-pyrrole nitrogens is 1. The van der Waals surface area contributed by atoms with Crippen LogP contribution in [0.1, 0.15) is 21.7 Å². The lowest BCUT2D eigenvalue weighted by atomic mass is 10.2. The number of aromatic amines is 1. The van der Waals surface area contributed by atoms with Crippen LogP contribution in [0.3, 0.4) is 0 Å². The molecule has 0 amide bonds. The molecule has 5 nitrogen and oxygen atoms in total. The first-order valence-corrected chi connectivity index (χ1v) is 4.03. The largest absolute Gasteiger partial charge is 0.477 e. The summed E-state index contributed by atoms with van der Waals surface area (Å²) < 4.78 is 4.45. The molecule has 76 valence electrons. The van der Waals surface area contributed by atoms with E-state index in [2.05, 4.69) is 9.72 Å². The number of methoxy groups -OCH3 is 1. The molecule has 1 aromatic heterocycles. The van der Waals surface area contributed by atoms with Crippen LogP contribution in [0.25, 0.3) is 0 Å². The van der Waals surface area contributed by atoms with E-state index in [1.807, 2.05) is 0 Å². The third kappa shape index (κ3) is 2.12. The molecule has 1 aromatic rings. The Morgan fingerprint density at radius 2 is 2.21 bits per heavy atom. The van der Waals surface area contributed by atoms with Crippen LogP contribution in [-0.2, 0) is 16.0 Å². The van der Waals surface area contributed by atoms with Crippen LogP contribution in [0.5, 0.6) is 0 Å². The Morgan fingerprint density at radius 3 is 2.71 bits per heavy atom. The number of carbonyl (C=O) groups is 2. The molecule has 0 unspecified atom stereocenters. The number of carboxylic acids is 1. The van der Waals surface area contributed by atoms with Gasteiger partial charge in [-0.25, -0.2) is 4.79 Å². The highest BCUT2D eigenvalue weighted by atomic mass is 16.5. The summed E-state index contributed by atoms with van der Waals surface area (Å²) in [6.45, 7) is 1.73. The van der Waals surface area contributed by atoms with Gasteiger partial charge in [0, 0.05) is 5.69 Å². The van der Waals surface area contributed by atoms with Crippen molar-refractivity contribution in [1.82, 2.24) is 4.98 Å². The van der Waals surface area contributed by atoms with Gasteiger partial charge in [-0.3, -0.25) is 4.79 Å². The molecule has 0 saturated heterocycles. The van der Waals surface area contributed by atoms with Crippen LogP contribution in [0.15, 0.2) is 6.07 Å². The average Bonchev–Trinajstić information content (AvgIpc) is 2.46. The molecule has 0 spiro atoms. The zero-order valence-corrected chi connectivity index (χ0v) is 7.96. The van der Waals surface area contributed by atoms with Gasteiger partial charge in [0.25, 0.3) is 0 Å². The molecule has 14 heavy (non-hydrogen) atoms. The molecular weight excluding hydrogens is 186 g/mol. The van der Waals surface area contributed by atoms with Crippen molar-refractivity contribution < 1.29 is 19.4 Å². The van der Waals surface area contributed by atoms with E-state index in [9.17, 15) is 9.59 Å². The minimum Gasteiger partial charge on any atom is -0.477 e. The predicted molar refractivity (Wildman–Crippen MR) is 48.2 cm³/mol. The fraction of sp³-hybridized carbons (Fsp3) is 0.333. The number of nitrogens with one attached hydrogen (secondary N) is 1. The van der Waals surface area contributed by atoms with Gasteiger partial charge in [0.1, 0.15) is 5.69 Å². The van der Waals surface area contributed by atoms with E-state index < -0.39 is 11.9 Å². The molecule has 1 heterocycles. The first-order valence-electron chi connectivity index (χ1n) is 4.03. The van der Waals surface area contributed by atoms with Crippen molar-refractivity contribution >= 4 is 11.9 Å². The van der Waals surface area contributed by atoms with Crippen molar-refractivity contribution in [2.75, 3.05) is 7.11 Å². The van der Waals surface area contributed by atoms with E-state index in [1.165, 1.54) is 7.11 Å². The van der Waals surface area contributed by atoms with E-state index in [0.29, 0.717) is 11.3 Å². The Hall–Kier alpha value is -1.78. The molecule has 0 aliphatic heterocycles. The number of esters is 1. The zero-order valence-electron chi connectivity index (χ0n) is 7.96. The first-order chi connectivity index (χ1) is 6.54. The molecular formula is C9H11NO4. The Labute approximate surface area is 80.7 Å². The molecule has 0 aromatic carbocycles. The van der Waals surface area contributed by atoms with Crippen molar-refractivity contribution in [2.24, 2.45) is 0 Å². The fourth-order valence-electron chi connectivity index (χ4n) is 1.20. The molecule has 2 N–H and O–H groups in total. The second-order valence-electron chi connectivity index (χ2n) is 2.91. The van der Waals surface area contributed by atoms with Gasteiger partial charge in [-0.1, -0.05) is 0 Å². The fourth-order valence-corrected chi connectivity index (χ4v) is 1.20. The number of aromatic nitrogens is 1. The number of carbonyl (C=O) groups excluding carboxylic acids is 1. The van der Waals surface area contributed by atoms with Crippen LogP contribution in [0, 0.1) is 6.92 Å². The summed E-state index contributed by atoms with van der Waals surface area (Å²) in [4.78, 5) is 24.3. The highest BCUT2D eigenvalue weighted by molar-refractivity contribution is 5.89. The summed E-state index contributed by atoms with van der Waals surface area (Å²) in [6, 6.07) is 1.63. The molecule has 0 aliphatic carbocycles. The third-order valence-electron chi connectivity index (χ3n) is 1.81. The van der Waals surface area contributed by atoms with E-state index >= 15 is 0 Å². The topological polar surface area (TPSA) is 79.4 Å². The normalized spacial score (nSPS) is 9.86. The Morgan fingerprint density at radius 1 is 1.57 bits per heavy atom. The van der Waals surface area contributed by atoms with Crippen LogP contribution in [-0.4, -0.2) is 29.1 Å². The molecule has 5 heteroatoms. The summed E-state index contributed by atoms with van der Waals surface area (Å²) >= 11 is 0. The molecule has 0 atom stereocenters. The number of aromatic carboxylic acids is 1. The summed E-state index contributed by atoms with van der Waals surface area (Å²) in [7, 11) is 1.27. The number of ether oxygens (including phenoxy) is 1. The van der Waals surface area contributed by atoms with Crippen molar-refractivity contribution in [3.63, 3.8) is 0 Å². The number of carboxylic acid groups (broad SMARTS) is 1. The van der Waals surface area contributed by atoms with Crippen LogP contribution >= 0.6 is 0 Å². The number of hydrogen-bond acceptors (Lipinski definition) is 3. The maximum absolute atomic E-state index is 10.9. The maximum atomic E-state index is 10.9. The standard InChI is InChI=1S/C9H11NO4/c1-5-3-6(4-7(11)14-2)8(10-5)9(12)13/h3,10H,4H2,1-2H3,(H,12,13). The smallest absolute Gasteiger partial charge is 0.352 e. The van der Waals surface area contributed by atoms with Gasteiger partial charge in [-0.15, -0.1) is 0 Å². The Balaban J connectivity index is 2.95. The number of rotatable bonds is 3. The molecule has 0 aliphatic rings. The van der Waals surface area contributed by atoms with Gasteiger partial charge in [0.05, 0.1) is 13.5 Å². The van der Waals surface area contributed by atoms with Gasteiger partial charge in [0.2, 0.25) is 0 Å². The predicted octanol–water partition coefficient (Wildman–Crippen LogP) is 0.737. The molecule has 1 rings (SSSR count). The second kappa shape index (κ2) is 3.95. The van der Waals surface area contributed by atoms with E-state index in [4.69, 9.17) is 5.11 Å². The first kappa shape index (κ1) is 10.3. The van der Waals surface area contributed by atoms with Gasteiger partial charge in [-0.05, 0) is 18.6 Å².